The van der Waals surface area contributed by atoms with Crippen LogP contribution in [0.25, 0.3) is 0 Å². The van der Waals surface area contributed by atoms with E-state index in [0.29, 0.717) is 0 Å². The standard InChI is InChI=1S/C10H16N2O4/c1-10(2,3)16-9(14)12-6-4-8(13)15-7-5-11/h4,6-7H2,1-3H3,(H,12,14). The van der Waals surface area contributed by atoms with E-state index in [-0.39, 0.29) is 19.6 Å². The molecule has 0 aliphatic rings. The first-order valence-corrected chi connectivity index (χ1v) is 4.84. The van der Waals surface area contributed by atoms with Crippen LogP contribution in [-0.2, 0) is 14.3 Å². The number of nitrogens with one attached hydrogen (secondary N) is 1. The topological polar surface area (TPSA) is 88.4 Å². The van der Waals surface area contributed by atoms with Gasteiger partial charge in [-0.15, -0.1) is 0 Å². The Labute approximate surface area is 94.5 Å². The Morgan fingerprint density at radius 2 is 2.00 bits per heavy atom. The molecule has 0 heterocycles. The lowest BCUT2D eigenvalue weighted by atomic mass is 10.2. The fraction of sp³-hybridized carbons (Fsp3) is 0.700. The first kappa shape index (κ1) is 14.2. The number of hydrogen-bond acceptors (Lipinski definition) is 5. The molecule has 0 aromatic rings. The predicted molar refractivity (Wildman–Crippen MR) is 55.4 cm³/mol. The number of carbonyl (C=O) groups is 2. The Bertz CT molecular complexity index is 288. The molecule has 0 radical (unpaired) electrons. The first-order valence-electron chi connectivity index (χ1n) is 4.84. The maximum atomic E-state index is 11.1. The molecule has 16 heavy (non-hydrogen) atoms. The number of alkyl carbamates (subject to hydrolysis) is 1. The molecule has 0 atom stereocenters. The van der Waals surface area contributed by atoms with Crippen molar-refractivity contribution < 1.29 is 19.1 Å². The van der Waals surface area contributed by atoms with E-state index in [4.69, 9.17) is 10.00 Å². The molecule has 0 aliphatic heterocycles. The summed E-state index contributed by atoms with van der Waals surface area (Å²) in [5.74, 6) is -0.530. The van der Waals surface area contributed by atoms with Gasteiger partial charge < -0.3 is 14.8 Å². The smallest absolute Gasteiger partial charge is 0.407 e. The molecule has 0 bridgehead atoms. The summed E-state index contributed by atoms with van der Waals surface area (Å²) in [7, 11) is 0. The lowest BCUT2D eigenvalue weighted by molar-refractivity contribution is -0.142. The minimum Gasteiger partial charge on any atom is -0.450 e. The fourth-order valence-corrected chi connectivity index (χ4v) is 0.766. The van der Waals surface area contributed by atoms with Crippen LogP contribution in [0, 0.1) is 11.3 Å². The average molecular weight is 228 g/mol. The molecular formula is C10H16N2O4. The summed E-state index contributed by atoms with van der Waals surface area (Å²) >= 11 is 0. The van der Waals surface area contributed by atoms with Crippen molar-refractivity contribution in [3.63, 3.8) is 0 Å². The van der Waals surface area contributed by atoms with Gasteiger partial charge in [0.25, 0.3) is 0 Å². The quantitative estimate of drug-likeness (QED) is 0.724. The second-order valence-electron chi connectivity index (χ2n) is 4.00. The number of hydrogen-bond donors (Lipinski definition) is 1. The molecule has 0 aromatic carbocycles. The molecule has 6 nitrogen and oxygen atoms in total. The summed E-state index contributed by atoms with van der Waals surface area (Å²) in [6.45, 7) is 5.08. The van der Waals surface area contributed by atoms with E-state index in [0.717, 1.165) is 0 Å². The van der Waals surface area contributed by atoms with Crippen LogP contribution in [0.2, 0.25) is 0 Å². The minimum absolute atomic E-state index is 0.0148. The van der Waals surface area contributed by atoms with Crippen LogP contribution in [-0.4, -0.2) is 30.8 Å². The van der Waals surface area contributed by atoms with E-state index < -0.39 is 17.7 Å². The third-order valence-electron chi connectivity index (χ3n) is 1.30. The van der Waals surface area contributed by atoms with Gasteiger partial charge in [0.15, 0.2) is 6.61 Å². The van der Waals surface area contributed by atoms with Gasteiger partial charge in [-0.3, -0.25) is 4.79 Å². The molecular weight excluding hydrogens is 212 g/mol. The van der Waals surface area contributed by atoms with Gasteiger partial charge in [0.2, 0.25) is 0 Å². The zero-order chi connectivity index (χ0) is 12.6. The largest absolute Gasteiger partial charge is 0.450 e. The van der Waals surface area contributed by atoms with Crippen LogP contribution in [0.4, 0.5) is 4.79 Å². The highest BCUT2D eigenvalue weighted by Gasteiger charge is 2.15. The normalized spacial score (nSPS) is 10.1. The highest BCUT2D eigenvalue weighted by atomic mass is 16.6. The molecule has 0 aliphatic carbocycles. The summed E-state index contributed by atoms with van der Waals surface area (Å²) in [5.41, 5.74) is -0.564. The number of ether oxygens (including phenoxy) is 2. The van der Waals surface area contributed by atoms with E-state index in [1.165, 1.54) is 0 Å². The SMILES string of the molecule is CC(C)(C)OC(=O)NCCC(=O)OCC#N. The third-order valence-corrected chi connectivity index (χ3v) is 1.30. The first-order chi connectivity index (χ1) is 7.35. The maximum Gasteiger partial charge on any atom is 0.407 e. The van der Waals surface area contributed by atoms with E-state index in [1.807, 2.05) is 0 Å². The van der Waals surface area contributed by atoms with Gasteiger partial charge in [-0.2, -0.15) is 5.26 Å². The molecule has 1 amide bonds. The summed E-state index contributed by atoms with van der Waals surface area (Å²) in [6.07, 6.45) is -0.568. The number of amides is 1. The van der Waals surface area contributed by atoms with Crippen molar-refractivity contribution >= 4 is 12.1 Å². The number of nitrogens with zero attached hydrogens (tertiary/aromatic N) is 1. The second kappa shape index (κ2) is 6.67. The molecule has 0 unspecified atom stereocenters. The summed E-state index contributed by atoms with van der Waals surface area (Å²) < 4.78 is 9.43. The minimum atomic E-state index is -0.583. The van der Waals surface area contributed by atoms with E-state index in [9.17, 15) is 9.59 Å². The summed E-state index contributed by atoms with van der Waals surface area (Å²) in [6, 6.07) is 1.67. The Balaban J connectivity index is 3.63. The Morgan fingerprint density at radius 1 is 1.38 bits per heavy atom. The van der Waals surface area contributed by atoms with Crippen LogP contribution in [0.15, 0.2) is 0 Å². The van der Waals surface area contributed by atoms with Crippen LogP contribution in [0.1, 0.15) is 27.2 Å². The molecule has 1 N–H and O–H groups in total. The number of esters is 1. The van der Waals surface area contributed by atoms with Gasteiger partial charge in [-0.05, 0) is 20.8 Å². The maximum absolute atomic E-state index is 11.1. The summed E-state index contributed by atoms with van der Waals surface area (Å²) in [4.78, 5) is 22.0. The van der Waals surface area contributed by atoms with E-state index in [2.05, 4.69) is 10.1 Å². The van der Waals surface area contributed by atoms with Gasteiger partial charge in [0.05, 0.1) is 6.42 Å². The van der Waals surface area contributed by atoms with Gasteiger partial charge in [-0.25, -0.2) is 4.79 Å². The second-order valence-corrected chi connectivity index (χ2v) is 4.00. The molecule has 0 aromatic heterocycles. The van der Waals surface area contributed by atoms with Crippen molar-refractivity contribution in [2.24, 2.45) is 0 Å². The molecule has 6 heteroatoms. The Hall–Kier alpha value is -1.77. The molecule has 0 saturated carbocycles. The Morgan fingerprint density at radius 3 is 2.50 bits per heavy atom. The third kappa shape index (κ3) is 8.81. The van der Waals surface area contributed by atoms with E-state index in [1.54, 1.807) is 26.8 Å². The van der Waals surface area contributed by atoms with Crippen molar-refractivity contribution in [2.75, 3.05) is 13.2 Å². The van der Waals surface area contributed by atoms with Gasteiger partial charge in [0, 0.05) is 6.54 Å². The number of rotatable bonds is 4. The van der Waals surface area contributed by atoms with Crippen LogP contribution in [0.5, 0.6) is 0 Å². The highest BCUT2D eigenvalue weighted by Crippen LogP contribution is 2.06. The fourth-order valence-electron chi connectivity index (χ4n) is 0.766. The van der Waals surface area contributed by atoms with Crippen LogP contribution >= 0.6 is 0 Å². The Kier molecular flexibility index (Phi) is 5.93. The molecule has 0 saturated heterocycles. The number of carbonyl (C=O) groups excluding carboxylic acids is 2. The van der Waals surface area contributed by atoms with Crippen molar-refractivity contribution in [1.82, 2.24) is 5.32 Å². The zero-order valence-corrected chi connectivity index (χ0v) is 9.70. The average Bonchev–Trinajstić information content (AvgIpc) is 2.11. The predicted octanol–water partition coefficient (Wildman–Crippen LogP) is 0.968. The van der Waals surface area contributed by atoms with Crippen molar-refractivity contribution in [3.05, 3.63) is 0 Å². The highest BCUT2D eigenvalue weighted by molar-refractivity contribution is 5.72. The molecule has 0 rings (SSSR count). The lowest BCUT2D eigenvalue weighted by Gasteiger charge is -2.19. The van der Waals surface area contributed by atoms with Gasteiger partial charge in [-0.1, -0.05) is 0 Å². The molecule has 0 fully saturated rings. The molecule has 90 valence electrons. The van der Waals surface area contributed by atoms with Crippen molar-refractivity contribution in [2.45, 2.75) is 32.8 Å². The lowest BCUT2D eigenvalue weighted by Crippen LogP contribution is -2.33. The van der Waals surface area contributed by atoms with E-state index >= 15 is 0 Å². The van der Waals surface area contributed by atoms with Crippen LogP contribution < -0.4 is 5.32 Å². The summed E-state index contributed by atoms with van der Waals surface area (Å²) in [5, 5.41) is 10.5. The number of nitriles is 1. The van der Waals surface area contributed by atoms with Crippen molar-refractivity contribution in [1.29, 1.82) is 5.26 Å². The van der Waals surface area contributed by atoms with Crippen LogP contribution in [0.3, 0.4) is 0 Å². The molecule has 0 spiro atoms. The van der Waals surface area contributed by atoms with Gasteiger partial charge in [0.1, 0.15) is 11.7 Å². The van der Waals surface area contributed by atoms with Crippen molar-refractivity contribution in [3.8, 4) is 6.07 Å². The monoisotopic (exact) mass is 228 g/mol. The van der Waals surface area contributed by atoms with Gasteiger partial charge >= 0.3 is 12.1 Å². The zero-order valence-electron chi connectivity index (χ0n) is 9.70.